The molecule has 1 spiro atoms. The van der Waals surface area contributed by atoms with Crippen LogP contribution in [0.15, 0.2) is 48.5 Å². The van der Waals surface area contributed by atoms with Crippen molar-refractivity contribution in [2.45, 2.75) is 25.2 Å². The first-order valence-electron chi connectivity index (χ1n) is 9.39. The highest BCUT2D eigenvalue weighted by Gasteiger charge is 2.63. The highest BCUT2D eigenvalue weighted by atomic mass is 32.2. The number of nitrogens with zero attached hydrogens (tertiary/aromatic N) is 1. The summed E-state index contributed by atoms with van der Waals surface area (Å²) in [6.45, 7) is 3.61. The Kier molecular flexibility index (Phi) is 4.54. The average molecular weight is 402 g/mol. The SMILES string of the molecule is Cc1ccc(NC(=O)[N+]2(S(N)(=O)=O)CC3(CCNCC3)c3ccccc32)cc1. The van der Waals surface area contributed by atoms with E-state index in [4.69, 9.17) is 5.14 Å². The molecule has 0 saturated carbocycles. The minimum atomic E-state index is -4.28. The molecule has 0 radical (unpaired) electrons. The van der Waals surface area contributed by atoms with Crippen LogP contribution < -0.4 is 19.7 Å². The van der Waals surface area contributed by atoms with Gasteiger partial charge in [0.1, 0.15) is 6.54 Å². The van der Waals surface area contributed by atoms with Crippen molar-refractivity contribution in [1.82, 2.24) is 9.21 Å². The van der Waals surface area contributed by atoms with Crippen molar-refractivity contribution >= 4 is 27.6 Å². The summed E-state index contributed by atoms with van der Waals surface area (Å²) in [5, 5.41) is 11.8. The number of nitrogens with one attached hydrogen (secondary N) is 2. The normalized spacial score (nSPS) is 23.4. The van der Waals surface area contributed by atoms with Gasteiger partial charge in [0, 0.05) is 17.3 Å². The first-order chi connectivity index (χ1) is 13.3. The number of urea groups is 1. The van der Waals surface area contributed by atoms with Crippen molar-refractivity contribution in [1.29, 1.82) is 0 Å². The van der Waals surface area contributed by atoms with Crippen LogP contribution in [-0.2, 0) is 15.6 Å². The number of rotatable bonds is 2. The van der Waals surface area contributed by atoms with Crippen LogP contribution in [0.1, 0.15) is 24.0 Å². The largest absolute Gasteiger partial charge is 0.442 e. The van der Waals surface area contributed by atoms with E-state index in [0.717, 1.165) is 37.1 Å². The summed E-state index contributed by atoms with van der Waals surface area (Å²) in [6.07, 6.45) is 1.52. The zero-order chi connectivity index (χ0) is 20.0. The number of piperidine rings is 1. The van der Waals surface area contributed by atoms with E-state index in [9.17, 15) is 13.2 Å². The third-order valence-corrected chi connectivity index (χ3v) is 7.38. The van der Waals surface area contributed by atoms with Crippen LogP contribution in [0, 0.1) is 6.92 Å². The average Bonchev–Trinajstić information content (AvgIpc) is 2.96. The second-order valence-corrected chi connectivity index (χ2v) is 9.41. The Morgan fingerprint density at radius 2 is 1.75 bits per heavy atom. The second kappa shape index (κ2) is 6.66. The summed E-state index contributed by atoms with van der Waals surface area (Å²) in [5.74, 6) is 0. The van der Waals surface area contributed by atoms with Crippen LogP contribution in [0.5, 0.6) is 0 Å². The summed E-state index contributed by atoms with van der Waals surface area (Å²) in [5.41, 5.74) is 2.56. The van der Waals surface area contributed by atoms with E-state index < -0.39 is 20.1 Å². The molecule has 8 heteroatoms. The molecule has 1 atom stereocenters. The summed E-state index contributed by atoms with van der Waals surface area (Å²) >= 11 is 0. The highest BCUT2D eigenvalue weighted by molar-refractivity contribution is 7.89. The summed E-state index contributed by atoms with van der Waals surface area (Å²) in [7, 11) is -4.28. The summed E-state index contributed by atoms with van der Waals surface area (Å²) in [6, 6.07) is 13.9. The Morgan fingerprint density at radius 3 is 2.39 bits per heavy atom. The maximum Gasteiger partial charge on any atom is 0.442 e. The van der Waals surface area contributed by atoms with E-state index in [0.29, 0.717) is 11.4 Å². The number of carbonyl (C=O) groups is 1. The number of quaternary nitrogens is 1. The fourth-order valence-corrected chi connectivity index (χ4v) is 5.68. The quantitative estimate of drug-likeness (QED) is 0.673. The van der Waals surface area contributed by atoms with E-state index in [1.54, 1.807) is 24.3 Å². The van der Waals surface area contributed by atoms with Gasteiger partial charge in [0.2, 0.25) is 0 Å². The van der Waals surface area contributed by atoms with Gasteiger partial charge in [-0.3, -0.25) is 5.32 Å². The molecule has 7 nitrogen and oxygen atoms in total. The van der Waals surface area contributed by atoms with Crippen LogP contribution in [0.4, 0.5) is 16.2 Å². The predicted octanol–water partition coefficient (Wildman–Crippen LogP) is 2.37. The lowest BCUT2D eigenvalue weighted by molar-refractivity contribution is 0.225. The molecule has 1 unspecified atom stereocenters. The maximum absolute atomic E-state index is 13.4. The monoisotopic (exact) mass is 401 g/mol. The van der Waals surface area contributed by atoms with E-state index in [1.165, 1.54) is 0 Å². The van der Waals surface area contributed by atoms with Crippen molar-refractivity contribution < 1.29 is 13.2 Å². The molecule has 2 aromatic carbocycles. The lowest BCUT2D eigenvalue weighted by Crippen LogP contribution is -2.64. The molecule has 1 fully saturated rings. The van der Waals surface area contributed by atoms with Gasteiger partial charge in [-0.05, 0) is 45.0 Å². The van der Waals surface area contributed by atoms with E-state index in [1.807, 2.05) is 31.2 Å². The van der Waals surface area contributed by atoms with Crippen LogP contribution in [0.3, 0.4) is 0 Å². The molecule has 4 rings (SSSR count). The zero-order valence-corrected chi connectivity index (χ0v) is 16.6. The van der Waals surface area contributed by atoms with Gasteiger partial charge in [0.05, 0.1) is 5.41 Å². The highest BCUT2D eigenvalue weighted by Crippen LogP contribution is 2.51. The number of para-hydroxylation sites is 1. The van der Waals surface area contributed by atoms with Crippen LogP contribution >= 0.6 is 0 Å². The fraction of sp³-hybridized carbons (Fsp3) is 0.350. The van der Waals surface area contributed by atoms with Gasteiger partial charge in [-0.15, -0.1) is 0 Å². The number of fused-ring (bicyclic) bond motifs is 2. The van der Waals surface area contributed by atoms with Crippen LogP contribution in [-0.4, -0.2) is 34.1 Å². The van der Waals surface area contributed by atoms with Gasteiger partial charge < -0.3 is 5.32 Å². The molecule has 0 aromatic heterocycles. The molecule has 2 aliphatic heterocycles. The first-order valence-corrected chi connectivity index (χ1v) is 10.9. The fourth-order valence-electron chi connectivity index (χ4n) is 4.54. The van der Waals surface area contributed by atoms with E-state index in [-0.39, 0.29) is 12.0 Å². The number of amides is 2. The Morgan fingerprint density at radius 1 is 1.11 bits per heavy atom. The minimum absolute atomic E-state index is 0.116. The van der Waals surface area contributed by atoms with Gasteiger partial charge in [0.15, 0.2) is 5.69 Å². The first kappa shape index (κ1) is 19.1. The van der Waals surface area contributed by atoms with Gasteiger partial charge in [0.25, 0.3) is 0 Å². The standard InChI is InChI=1S/C20H24N4O3S/c1-15-6-8-16(9-7-15)23-19(25)24(28(21,26)27)14-20(10-12-22-13-11-20)17-4-2-3-5-18(17)24/h2-9,22H,10-14H2,1H3,(H2-,21,23,25,26,27)/p+1. The maximum atomic E-state index is 13.4. The van der Waals surface area contributed by atoms with Crippen molar-refractivity contribution in [2.24, 2.45) is 5.14 Å². The number of benzene rings is 2. The second-order valence-electron chi connectivity index (χ2n) is 7.76. The van der Waals surface area contributed by atoms with Crippen LogP contribution in [0.2, 0.25) is 0 Å². The van der Waals surface area contributed by atoms with Gasteiger partial charge in [-0.2, -0.15) is 13.6 Å². The summed E-state index contributed by atoms with van der Waals surface area (Å²) in [4.78, 5) is 13.4. The number of nitrogens with two attached hydrogens (primary N) is 1. The molecular weight excluding hydrogens is 376 g/mol. The Hall–Kier alpha value is -2.26. The lowest BCUT2D eigenvalue weighted by atomic mass is 9.75. The topological polar surface area (TPSA) is 101 Å². The molecule has 2 heterocycles. The molecule has 148 valence electrons. The number of aryl methyl sites for hydroxylation is 1. The number of hydrogen-bond acceptors (Lipinski definition) is 4. The van der Waals surface area contributed by atoms with Crippen molar-refractivity contribution in [3.63, 3.8) is 0 Å². The molecule has 4 N–H and O–H groups in total. The molecule has 28 heavy (non-hydrogen) atoms. The summed E-state index contributed by atoms with van der Waals surface area (Å²) < 4.78 is 24.9. The number of carbonyl (C=O) groups excluding carboxylic acids is 1. The molecule has 2 aliphatic rings. The Labute approximate surface area is 165 Å². The number of anilines is 1. The van der Waals surface area contributed by atoms with Gasteiger partial charge in [-0.25, -0.2) is 4.79 Å². The smallest absolute Gasteiger partial charge is 0.317 e. The lowest BCUT2D eigenvalue weighted by Gasteiger charge is -2.34. The van der Waals surface area contributed by atoms with Gasteiger partial charge >= 0.3 is 16.2 Å². The predicted molar refractivity (Wildman–Crippen MR) is 110 cm³/mol. The molecule has 2 aromatic rings. The van der Waals surface area contributed by atoms with E-state index >= 15 is 0 Å². The molecule has 0 bridgehead atoms. The van der Waals surface area contributed by atoms with E-state index in [2.05, 4.69) is 10.6 Å². The number of hydrogen-bond donors (Lipinski definition) is 3. The molecule has 1 saturated heterocycles. The van der Waals surface area contributed by atoms with Crippen molar-refractivity contribution in [3.05, 3.63) is 59.7 Å². The molecule has 0 aliphatic carbocycles. The van der Waals surface area contributed by atoms with Crippen molar-refractivity contribution in [3.8, 4) is 0 Å². The third-order valence-electron chi connectivity index (χ3n) is 6.02. The molecule has 2 amide bonds. The Balaban J connectivity index is 1.84. The van der Waals surface area contributed by atoms with Crippen LogP contribution in [0.25, 0.3) is 0 Å². The Bertz CT molecular complexity index is 1010. The molecular formula is C20H25N4O3S+. The van der Waals surface area contributed by atoms with Crippen molar-refractivity contribution in [2.75, 3.05) is 25.0 Å². The third kappa shape index (κ3) is 2.84. The zero-order valence-electron chi connectivity index (χ0n) is 15.8. The minimum Gasteiger partial charge on any atom is -0.317 e. The van der Waals surface area contributed by atoms with Gasteiger partial charge in [-0.1, -0.05) is 39.8 Å².